The predicted octanol–water partition coefficient (Wildman–Crippen LogP) is 4.73. The number of aromatic nitrogens is 2. The fourth-order valence-electron chi connectivity index (χ4n) is 4.79. The lowest BCUT2D eigenvalue weighted by Gasteiger charge is -2.26. The number of aliphatic hydroxyl groups is 1. The van der Waals surface area contributed by atoms with Crippen LogP contribution in [0.1, 0.15) is 70.8 Å². The Bertz CT molecular complexity index is 1400. The third-order valence-electron chi connectivity index (χ3n) is 6.77. The Morgan fingerprint density at radius 2 is 1.81 bits per heavy atom. The standard InChI is InChI=1S/C29H31N3O5/c1-16-21(17(2)31-23(16)28(36)37-6)25(33)22-24(19-9-11-20(12-10-19)29(3,4)5)32(27(35)26(22)34)15-18-8-7-13-30-14-18/h7-14,24,31,33H,15H2,1-6H3/b25-22+/t24-/m1/s1. The number of amides is 1. The van der Waals surface area contributed by atoms with Gasteiger partial charge in [0.2, 0.25) is 0 Å². The van der Waals surface area contributed by atoms with E-state index in [4.69, 9.17) is 4.74 Å². The van der Waals surface area contributed by atoms with Crippen molar-refractivity contribution in [3.63, 3.8) is 0 Å². The number of Topliss-reactive ketones (excluding diaryl/α,β-unsaturated/α-hetero) is 1. The molecule has 8 nitrogen and oxygen atoms in total. The number of carbonyl (C=O) groups excluding carboxylic acids is 3. The van der Waals surface area contributed by atoms with Gasteiger partial charge in [-0.25, -0.2) is 4.79 Å². The second kappa shape index (κ2) is 9.69. The van der Waals surface area contributed by atoms with Crippen molar-refractivity contribution >= 4 is 23.4 Å². The number of ether oxygens (including phenoxy) is 1. The van der Waals surface area contributed by atoms with E-state index in [9.17, 15) is 19.5 Å². The SMILES string of the molecule is COC(=O)c1[nH]c(C)c(/C(O)=C2\C(=O)C(=O)N(Cc3cccnc3)[C@@H]2c2ccc(C(C)(C)C)cc2)c1C. The van der Waals surface area contributed by atoms with Gasteiger partial charge in [0, 0.05) is 30.2 Å². The van der Waals surface area contributed by atoms with Crippen LogP contribution in [-0.4, -0.2) is 44.7 Å². The zero-order valence-corrected chi connectivity index (χ0v) is 21.9. The van der Waals surface area contributed by atoms with Crippen LogP contribution in [0.25, 0.3) is 5.76 Å². The lowest BCUT2D eigenvalue weighted by molar-refractivity contribution is -0.140. The molecule has 4 rings (SSSR count). The van der Waals surface area contributed by atoms with Crippen molar-refractivity contribution in [3.8, 4) is 0 Å². The molecule has 1 fully saturated rings. The number of methoxy groups -OCH3 is 1. The van der Waals surface area contributed by atoms with Crippen LogP contribution in [0.4, 0.5) is 0 Å². The molecule has 1 atom stereocenters. The molecule has 3 aromatic rings. The number of hydrogen-bond donors (Lipinski definition) is 2. The summed E-state index contributed by atoms with van der Waals surface area (Å²) in [6, 6.07) is 10.5. The molecular formula is C29H31N3O5. The van der Waals surface area contributed by atoms with Crippen molar-refractivity contribution in [2.24, 2.45) is 0 Å². The number of nitrogens with zero attached hydrogens (tertiary/aromatic N) is 2. The van der Waals surface area contributed by atoms with E-state index in [-0.39, 0.29) is 29.0 Å². The Morgan fingerprint density at radius 3 is 2.38 bits per heavy atom. The third-order valence-corrected chi connectivity index (χ3v) is 6.77. The third kappa shape index (κ3) is 4.67. The molecule has 0 unspecified atom stereocenters. The van der Waals surface area contributed by atoms with Crippen LogP contribution in [0, 0.1) is 13.8 Å². The van der Waals surface area contributed by atoms with Crippen molar-refractivity contribution < 1.29 is 24.2 Å². The van der Waals surface area contributed by atoms with Gasteiger partial charge in [0.1, 0.15) is 11.5 Å². The maximum absolute atomic E-state index is 13.4. The second-order valence-electron chi connectivity index (χ2n) is 10.3. The van der Waals surface area contributed by atoms with Gasteiger partial charge in [0.05, 0.1) is 18.7 Å². The van der Waals surface area contributed by atoms with E-state index in [1.165, 1.54) is 12.0 Å². The Balaban J connectivity index is 1.91. The number of aromatic amines is 1. The molecule has 2 N–H and O–H groups in total. The number of hydrogen-bond acceptors (Lipinski definition) is 6. The summed E-state index contributed by atoms with van der Waals surface area (Å²) in [5.74, 6) is -2.43. The van der Waals surface area contributed by atoms with Gasteiger partial charge in [-0.2, -0.15) is 0 Å². The molecule has 192 valence electrons. The molecule has 1 saturated heterocycles. The van der Waals surface area contributed by atoms with Gasteiger partial charge in [-0.05, 0) is 47.6 Å². The normalized spacial score (nSPS) is 17.4. The molecule has 1 aliphatic rings. The van der Waals surface area contributed by atoms with Crippen LogP contribution < -0.4 is 0 Å². The van der Waals surface area contributed by atoms with E-state index in [1.54, 1.807) is 32.3 Å². The lowest BCUT2D eigenvalue weighted by Crippen LogP contribution is -2.29. The van der Waals surface area contributed by atoms with Crippen molar-refractivity contribution in [1.29, 1.82) is 0 Å². The van der Waals surface area contributed by atoms with Crippen LogP contribution >= 0.6 is 0 Å². The Morgan fingerprint density at radius 1 is 1.14 bits per heavy atom. The predicted molar refractivity (Wildman–Crippen MR) is 139 cm³/mol. The van der Waals surface area contributed by atoms with Crippen LogP contribution in [-0.2, 0) is 26.3 Å². The highest BCUT2D eigenvalue weighted by molar-refractivity contribution is 6.46. The summed E-state index contributed by atoms with van der Waals surface area (Å²) >= 11 is 0. The molecule has 1 amide bonds. The number of nitrogens with one attached hydrogen (secondary N) is 1. The van der Waals surface area contributed by atoms with E-state index < -0.39 is 23.7 Å². The first-order valence-corrected chi connectivity index (χ1v) is 12.0. The lowest BCUT2D eigenvalue weighted by atomic mass is 9.85. The second-order valence-corrected chi connectivity index (χ2v) is 10.3. The number of ketones is 1. The minimum absolute atomic E-state index is 0.0287. The zero-order valence-electron chi connectivity index (χ0n) is 21.9. The van der Waals surface area contributed by atoms with E-state index in [2.05, 4.69) is 30.7 Å². The van der Waals surface area contributed by atoms with E-state index in [0.717, 1.165) is 11.1 Å². The van der Waals surface area contributed by atoms with Gasteiger partial charge < -0.3 is 19.7 Å². The number of benzene rings is 1. The summed E-state index contributed by atoms with van der Waals surface area (Å²) in [6.45, 7) is 9.79. The van der Waals surface area contributed by atoms with Gasteiger partial charge in [-0.3, -0.25) is 14.6 Å². The highest BCUT2D eigenvalue weighted by atomic mass is 16.5. The Hall–Kier alpha value is -4.20. The highest BCUT2D eigenvalue weighted by Crippen LogP contribution is 2.42. The van der Waals surface area contributed by atoms with Gasteiger partial charge in [-0.1, -0.05) is 51.1 Å². The molecule has 1 aromatic carbocycles. The monoisotopic (exact) mass is 501 g/mol. The first-order valence-electron chi connectivity index (χ1n) is 12.0. The minimum Gasteiger partial charge on any atom is -0.507 e. The van der Waals surface area contributed by atoms with Gasteiger partial charge >= 0.3 is 5.97 Å². The van der Waals surface area contributed by atoms with Crippen molar-refractivity contribution in [2.45, 2.75) is 52.6 Å². The number of aryl methyl sites for hydroxylation is 1. The largest absolute Gasteiger partial charge is 0.507 e. The fourth-order valence-corrected chi connectivity index (χ4v) is 4.79. The maximum atomic E-state index is 13.4. The molecule has 0 bridgehead atoms. The summed E-state index contributed by atoms with van der Waals surface area (Å²) in [7, 11) is 1.27. The fraction of sp³-hybridized carbons (Fsp3) is 0.310. The highest BCUT2D eigenvalue weighted by Gasteiger charge is 2.46. The molecule has 0 aliphatic carbocycles. The number of carbonyl (C=O) groups is 3. The topological polar surface area (TPSA) is 113 Å². The number of aliphatic hydroxyl groups excluding tert-OH is 1. The van der Waals surface area contributed by atoms with Crippen LogP contribution in [0.5, 0.6) is 0 Å². The molecule has 8 heteroatoms. The molecule has 0 spiro atoms. The van der Waals surface area contributed by atoms with Gasteiger partial charge in [0.25, 0.3) is 11.7 Å². The summed E-state index contributed by atoms with van der Waals surface area (Å²) in [5.41, 5.74) is 3.82. The Labute approximate surface area is 216 Å². The van der Waals surface area contributed by atoms with Gasteiger partial charge in [-0.15, -0.1) is 0 Å². The van der Waals surface area contributed by atoms with E-state index in [0.29, 0.717) is 22.4 Å². The Kier molecular flexibility index (Phi) is 6.78. The number of rotatable bonds is 5. The summed E-state index contributed by atoms with van der Waals surface area (Å²) in [6.07, 6.45) is 3.28. The molecule has 0 saturated carbocycles. The molecule has 0 radical (unpaired) electrons. The van der Waals surface area contributed by atoms with Crippen LogP contribution in [0.2, 0.25) is 0 Å². The summed E-state index contributed by atoms with van der Waals surface area (Å²) < 4.78 is 4.84. The summed E-state index contributed by atoms with van der Waals surface area (Å²) in [4.78, 5) is 47.5. The van der Waals surface area contributed by atoms with Crippen molar-refractivity contribution in [3.05, 3.63) is 93.6 Å². The molecule has 2 aromatic heterocycles. The number of likely N-dealkylation sites (tertiary alicyclic amines) is 1. The quantitative estimate of drug-likeness (QED) is 0.226. The zero-order chi connectivity index (χ0) is 27.1. The smallest absolute Gasteiger partial charge is 0.354 e. The first-order chi connectivity index (χ1) is 17.5. The van der Waals surface area contributed by atoms with Crippen molar-refractivity contribution in [1.82, 2.24) is 14.9 Å². The number of pyridine rings is 1. The van der Waals surface area contributed by atoms with E-state index in [1.807, 2.05) is 30.3 Å². The molecule has 1 aliphatic heterocycles. The average Bonchev–Trinajstić information content (AvgIpc) is 3.30. The molecular weight excluding hydrogens is 470 g/mol. The maximum Gasteiger partial charge on any atom is 0.354 e. The average molecular weight is 502 g/mol. The van der Waals surface area contributed by atoms with Crippen LogP contribution in [0.3, 0.4) is 0 Å². The van der Waals surface area contributed by atoms with Crippen molar-refractivity contribution in [2.75, 3.05) is 7.11 Å². The summed E-state index contributed by atoms with van der Waals surface area (Å²) in [5, 5.41) is 11.5. The minimum atomic E-state index is -0.829. The van der Waals surface area contributed by atoms with Crippen LogP contribution in [0.15, 0.2) is 54.4 Å². The number of H-pyrrole nitrogens is 1. The van der Waals surface area contributed by atoms with E-state index >= 15 is 0 Å². The molecule has 3 heterocycles. The number of esters is 1. The first kappa shape index (κ1) is 25.9. The van der Waals surface area contributed by atoms with Gasteiger partial charge in [0.15, 0.2) is 0 Å². The molecule has 37 heavy (non-hydrogen) atoms.